The number of hydrogen-bond donors (Lipinski definition) is 1. The molecule has 1 saturated carbocycles. The molecule has 3 aromatic rings. The Balaban J connectivity index is 1.22. The van der Waals surface area contributed by atoms with E-state index in [1.165, 1.54) is 4.90 Å². The summed E-state index contributed by atoms with van der Waals surface area (Å²) in [6.45, 7) is 4.11. The minimum atomic E-state index is -0.265. The Hall–Kier alpha value is -3.76. The minimum Gasteiger partial charge on any atom is -0.457 e. The van der Waals surface area contributed by atoms with Gasteiger partial charge >= 0.3 is 0 Å². The molecule has 4 bridgehead atoms. The number of nitrogens with zero attached hydrogens (tertiary/aromatic N) is 4. The van der Waals surface area contributed by atoms with Crippen molar-refractivity contribution in [3.63, 3.8) is 0 Å². The van der Waals surface area contributed by atoms with Crippen LogP contribution in [0.5, 0.6) is 11.5 Å². The molecule has 6 rings (SSSR count). The minimum absolute atomic E-state index is 0.0699. The number of amides is 2. The third kappa shape index (κ3) is 5.97. The number of rotatable bonds is 3. The van der Waals surface area contributed by atoms with Crippen molar-refractivity contribution in [3.05, 3.63) is 70.9 Å². The van der Waals surface area contributed by atoms with Crippen LogP contribution < -0.4 is 10.1 Å². The van der Waals surface area contributed by atoms with Gasteiger partial charge in [0.1, 0.15) is 11.5 Å². The van der Waals surface area contributed by atoms with E-state index >= 15 is 0 Å². The maximum atomic E-state index is 13.2. The van der Waals surface area contributed by atoms with Gasteiger partial charge in [-0.15, -0.1) is 0 Å². The van der Waals surface area contributed by atoms with E-state index < -0.39 is 0 Å². The summed E-state index contributed by atoms with van der Waals surface area (Å²) in [5.74, 6) is 2.60. The number of likely N-dealkylation sites (tertiary alicyclic amines) is 1. The molecule has 2 fully saturated rings. The first-order valence-electron chi connectivity index (χ1n) is 13.5. The standard InChI is InChI=1S/C29H33N5O5/c1-18-6-7-21-13-25(18)38-22-5-3-4-19(12-22)17-37-24-10-11-34(16-27-31-28(32-39-27)20-8-9-20)14-23(24)30-26(35)15-33(2)29(21)36/h3-7,12-13,20,23-24H,8-11,14-17H2,1-2H3,(H,30,35)/t23-,24+/m0/s1. The van der Waals surface area contributed by atoms with Crippen molar-refractivity contribution >= 4 is 11.8 Å². The quantitative estimate of drug-likeness (QED) is 0.548. The first-order valence-corrected chi connectivity index (χ1v) is 13.5. The van der Waals surface area contributed by atoms with Crippen molar-refractivity contribution in [3.8, 4) is 11.5 Å². The lowest BCUT2D eigenvalue weighted by Crippen LogP contribution is -2.57. The van der Waals surface area contributed by atoms with Crippen molar-refractivity contribution in [1.82, 2.24) is 25.3 Å². The van der Waals surface area contributed by atoms with E-state index in [9.17, 15) is 9.59 Å². The Morgan fingerprint density at radius 1 is 1.10 bits per heavy atom. The Bertz CT molecular complexity index is 1370. The Morgan fingerprint density at radius 3 is 2.82 bits per heavy atom. The smallest absolute Gasteiger partial charge is 0.254 e. The molecule has 2 aliphatic heterocycles. The second-order valence-electron chi connectivity index (χ2n) is 10.8. The molecule has 10 heteroatoms. The maximum Gasteiger partial charge on any atom is 0.254 e. The molecule has 0 radical (unpaired) electrons. The zero-order valence-electron chi connectivity index (χ0n) is 22.3. The SMILES string of the molecule is Cc1ccc2cc1Oc1cccc(c1)CO[C@@H]1CCN(Cc3nc(C4CC4)no3)C[C@@H]1NC(=O)CN(C)C2=O. The lowest BCUT2D eigenvalue weighted by atomic mass is 10.0. The van der Waals surface area contributed by atoms with Crippen molar-refractivity contribution in [2.45, 2.75) is 57.4 Å². The molecule has 3 heterocycles. The molecule has 1 aliphatic carbocycles. The number of carbonyl (C=O) groups excluding carboxylic acids is 2. The van der Waals surface area contributed by atoms with Crippen molar-refractivity contribution in [1.29, 1.82) is 0 Å². The van der Waals surface area contributed by atoms with Crippen molar-refractivity contribution < 1.29 is 23.6 Å². The van der Waals surface area contributed by atoms with Gasteiger partial charge in [0.15, 0.2) is 5.82 Å². The fourth-order valence-corrected chi connectivity index (χ4v) is 5.14. The van der Waals surface area contributed by atoms with Crippen LogP contribution in [0, 0.1) is 6.92 Å². The van der Waals surface area contributed by atoms with E-state index in [4.69, 9.17) is 14.0 Å². The number of piperidine rings is 1. The van der Waals surface area contributed by atoms with Gasteiger partial charge in [-0.3, -0.25) is 14.5 Å². The Labute approximate surface area is 227 Å². The van der Waals surface area contributed by atoms with Crippen LogP contribution in [0.4, 0.5) is 0 Å². The van der Waals surface area contributed by atoms with Crippen LogP contribution in [0.15, 0.2) is 47.0 Å². The Morgan fingerprint density at radius 2 is 1.97 bits per heavy atom. The number of fused-ring (bicyclic) bond motifs is 5. The van der Waals surface area contributed by atoms with E-state index in [1.54, 1.807) is 19.2 Å². The lowest BCUT2D eigenvalue weighted by Gasteiger charge is -2.38. The molecule has 2 atom stereocenters. The highest BCUT2D eigenvalue weighted by atomic mass is 16.5. The van der Waals surface area contributed by atoms with Gasteiger partial charge < -0.3 is 24.2 Å². The van der Waals surface area contributed by atoms with Crippen LogP contribution in [0.1, 0.15) is 58.4 Å². The molecular formula is C29H33N5O5. The van der Waals surface area contributed by atoms with E-state index in [2.05, 4.69) is 20.4 Å². The van der Waals surface area contributed by atoms with E-state index in [-0.39, 0.29) is 30.5 Å². The molecule has 2 aromatic carbocycles. The lowest BCUT2D eigenvalue weighted by molar-refractivity contribution is -0.125. The third-order valence-electron chi connectivity index (χ3n) is 7.52. The molecule has 1 aromatic heterocycles. The highest BCUT2D eigenvalue weighted by Crippen LogP contribution is 2.38. The van der Waals surface area contributed by atoms with Crippen LogP contribution in [-0.4, -0.2) is 70.6 Å². The van der Waals surface area contributed by atoms with Crippen LogP contribution >= 0.6 is 0 Å². The van der Waals surface area contributed by atoms with E-state index in [1.807, 2.05) is 37.3 Å². The summed E-state index contributed by atoms with van der Waals surface area (Å²) in [4.78, 5) is 34.5. The summed E-state index contributed by atoms with van der Waals surface area (Å²) < 4.78 is 18.0. The average molecular weight is 532 g/mol. The number of hydrogen-bond acceptors (Lipinski definition) is 8. The molecule has 0 spiro atoms. The number of benzene rings is 2. The van der Waals surface area contributed by atoms with Crippen LogP contribution in [0.2, 0.25) is 0 Å². The summed E-state index contributed by atoms with van der Waals surface area (Å²) in [7, 11) is 1.63. The average Bonchev–Trinajstić information content (AvgIpc) is 3.67. The summed E-state index contributed by atoms with van der Waals surface area (Å²) in [5.41, 5.74) is 2.34. The van der Waals surface area contributed by atoms with Gasteiger partial charge in [-0.25, -0.2) is 0 Å². The van der Waals surface area contributed by atoms with Gasteiger partial charge in [-0.1, -0.05) is 23.4 Å². The summed E-state index contributed by atoms with van der Waals surface area (Å²) in [6.07, 6.45) is 2.77. The van der Waals surface area contributed by atoms with Gasteiger partial charge in [-0.2, -0.15) is 4.98 Å². The topological polar surface area (TPSA) is 110 Å². The van der Waals surface area contributed by atoms with E-state index in [0.29, 0.717) is 48.6 Å². The van der Waals surface area contributed by atoms with Crippen molar-refractivity contribution in [2.24, 2.45) is 0 Å². The second kappa shape index (κ2) is 10.8. The normalized spacial score (nSPS) is 22.7. The van der Waals surface area contributed by atoms with Crippen LogP contribution in [0.25, 0.3) is 0 Å². The maximum absolute atomic E-state index is 13.2. The summed E-state index contributed by atoms with van der Waals surface area (Å²) in [5, 5.41) is 7.26. The fraction of sp³-hybridized carbons (Fsp3) is 0.448. The molecule has 204 valence electrons. The number of carbonyl (C=O) groups is 2. The monoisotopic (exact) mass is 531 g/mol. The highest BCUT2D eigenvalue weighted by Gasteiger charge is 2.34. The molecule has 1 saturated heterocycles. The highest BCUT2D eigenvalue weighted by molar-refractivity contribution is 5.96. The zero-order valence-corrected chi connectivity index (χ0v) is 22.3. The molecule has 39 heavy (non-hydrogen) atoms. The molecule has 1 N–H and O–H groups in total. The van der Waals surface area contributed by atoms with Gasteiger partial charge in [0.25, 0.3) is 5.91 Å². The predicted molar refractivity (Wildman–Crippen MR) is 141 cm³/mol. The van der Waals surface area contributed by atoms with Crippen LogP contribution in [0.3, 0.4) is 0 Å². The zero-order chi connectivity index (χ0) is 26.9. The van der Waals surface area contributed by atoms with Gasteiger partial charge in [0.05, 0.1) is 31.8 Å². The molecule has 10 nitrogen and oxygen atoms in total. The number of aromatic nitrogens is 2. The molecule has 3 aliphatic rings. The third-order valence-corrected chi connectivity index (χ3v) is 7.52. The molecule has 0 unspecified atom stereocenters. The van der Waals surface area contributed by atoms with Crippen LogP contribution in [-0.2, 0) is 22.7 Å². The first kappa shape index (κ1) is 25.5. The van der Waals surface area contributed by atoms with Gasteiger partial charge in [0.2, 0.25) is 11.8 Å². The van der Waals surface area contributed by atoms with Gasteiger partial charge in [-0.05, 0) is 61.6 Å². The number of nitrogens with one attached hydrogen (secondary N) is 1. The van der Waals surface area contributed by atoms with Crippen molar-refractivity contribution in [2.75, 3.05) is 26.7 Å². The predicted octanol–water partition coefficient (Wildman–Crippen LogP) is 3.41. The largest absolute Gasteiger partial charge is 0.457 e. The number of ether oxygens (including phenoxy) is 2. The summed E-state index contributed by atoms with van der Waals surface area (Å²) >= 11 is 0. The molecule has 2 amide bonds. The number of likely N-dealkylation sites (N-methyl/N-ethyl adjacent to an activating group) is 1. The van der Waals surface area contributed by atoms with Gasteiger partial charge in [0, 0.05) is 31.6 Å². The molecular weight excluding hydrogens is 498 g/mol. The second-order valence-corrected chi connectivity index (χ2v) is 10.8. The fourth-order valence-electron chi connectivity index (χ4n) is 5.14. The first-order chi connectivity index (χ1) is 18.9. The number of aryl methyl sites for hydroxylation is 1. The van der Waals surface area contributed by atoms with E-state index in [0.717, 1.165) is 42.8 Å². The Kier molecular flexibility index (Phi) is 7.05. The summed E-state index contributed by atoms with van der Waals surface area (Å²) in [6, 6.07) is 12.8.